The first kappa shape index (κ1) is 15.2. The highest BCUT2D eigenvalue weighted by Gasteiger charge is 2.29. The van der Waals surface area contributed by atoms with Crippen LogP contribution in [0.15, 0.2) is 16.3 Å². The van der Waals surface area contributed by atoms with Gasteiger partial charge in [-0.15, -0.1) is 23.7 Å². The fourth-order valence-electron chi connectivity index (χ4n) is 1.68. The summed E-state index contributed by atoms with van der Waals surface area (Å²) in [6.45, 7) is 0.998. The Morgan fingerprint density at radius 3 is 2.41 bits per heavy atom. The monoisotopic (exact) mass is 316 g/mol. The zero-order chi connectivity index (χ0) is 11.8. The molecule has 0 saturated carbocycles. The van der Waals surface area contributed by atoms with Gasteiger partial charge in [-0.2, -0.15) is 4.31 Å². The van der Waals surface area contributed by atoms with E-state index in [1.165, 1.54) is 4.31 Å². The van der Waals surface area contributed by atoms with Crippen molar-refractivity contribution in [2.24, 2.45) is 5.73 Å². The van der Waals surface area contributed by atoms with Crippen LogP contribution < -0.4 is 5.73 Å². The maximum absolute atomic E-state index is 12.1. The van der Waals surface area contributed by atoms with Crippen LogP contribution >= 0.6 is 35.3 Å². The summed E-state index contributed by atoms with van der Waals surface area (Å²) in [6.07, 6.45) is 1.44. The average molecular weight is 317 g/mol. The molecule has 0 aliphatic carbocycles. The summed E-state index contributed by atoms with van der Waals surface area (Å²) in [5.41, 5.74) is 5.74. The van der Waals surface area contributed by atoms with E-state index in [-0.39, 0.29) is 18.4 Å². The topological polar surface area (TPSA) is 63.4 Å². The highest BCUT2D eigenvalue weighted by atomic mass is 35.5. The lowest BCUT2D eigenvalue weighted by molar-refractivity contribution is 0.320. The molecular formula is C9H14Cl2N2O2S2. The molecule has 1 aliphatic heterocycles. The summed E-state index contributed by atoms with van der Waals surface area (Å²) in [4.78, 5) is 0. The molecule has 8 heteroatoms. The van der Waals surface area contributed by atoms with Gasteiger partial charge in [0.05, 0.1) is 4.34 Å². The Morgan fingerprint density at radius 1 is 1.35 bits per heavy atom. The second kappa shape index (κ2) is 5.86. The second-order valence-corrected chi connectivity index (χ2v) is 7.68. The highest BCUT2D eigenvalue weighted by Crippen LogP contribution is 2.29. The van der Waals surface area contributed by atoms with Crippen molar-refractivity contribution in [3.63, 3.8) is 0 Å². The largest absolute Gasteiger partial charge is 0.328 e. The molecular weight excluding hydrogens is 303 g/mol. The summed E-state index contributed by atoms with van der Waals surface area (Å²) in [7, 11) is -3.35. The number of rotatable bonds is 2. The number of halogens is 2. The molecule has 0 radical (unpaired) electrons. The number of nitrogens with zero attached hydrogens (tertiary/aromatic N) is 1. The van der Waals surface area contributed by atoms with Gasteiger partial charge in [0, 0.05) is 19.1 Å². The zero-order valence-electron chi connectivity index (χ0n) is 9.00. The van der Waals surface area contributed by atoms with Crippen molar-refractivity contribution in [2.45, 2.75) is 23.1 Å². The molecule has 0 bridgehead atoms. The third-order valence-electron chi connectivity index (χ3n) is 2.64. The van der Waals surface area contributed by atoms with Crippen molar-refractivity contribution in [3.8, 4) is 0 Å². The fraction of sp³-hybridized carbons (Fsp3) is 0.556. The zero-order valence-corrected chi connectivity index (χ0v) is 12.2. The van der Waals surface area contributed by atoms with Gasteiger partial charge in [0.25, 0.3) is 10.0 Å². The van der Waals surface area contributed by atoms with E-state index in [1.54, 1.807) is 12.1 Å². The van der Waals surface area contributed by atoms with Crippen molar-refractivity contribution >= 4 is 45.4 Å². The lowest BCUT2D eigenvalue weighted by atomic mass is 10.1. The lowest BCUT2D eigenvalue weighted by Gasteiger charge is -2.28. The quantitative estimate of drug-likeness (QED) is 0.906. The Kier molecular flexibility index (Phi) is 5.24. The summed E-state index contributed by atoms with van der Waals surface area (Å²) >= 11 is 6.84. The molecule has 2 rings (SSSR count). The van der Waals surface area contributed by atoms with E-state index < -0.39 is 10.0 Å². The van der Waals surface area contributed by atoms with E-state index in [9.17, 15) is 8.42 Å². The molecule has 1 saturated heterocycles. The van der Waals surface area contributed by atoms with Crippen LogP contribution in [0, 0.1) is 0 Å². The first-order valence-corrected chi connectivity index (χ1v) is 7.64. The third kappa shape index (κ3) is 3.33. The Hall–Kier alpha value is 0.150. The van der Waals surface area contributed by atoms with Crippen molar-refractivity contribution in [1.29, 1.82) is 0 Å². The fourth-order valence-corrected chi connectivity index (χ4v) is 4.79. The van der Waals surface area contributed by atoms with Crippen LogP contribution in [0.1, 0.15) is 12.8 Å². The molecule has 0 amide bonds. The van der Waals surface area contributed by atoms with E-state index in [0.29, 0.717) is 21.6 Å². The predicted molar refractivity (Wildman–Crippen MR) is 72.5 cm³/mol. The van der Waals surface area contributed by atoms with Crippen molar-refractivity contribution < 1.29 is 8.42 Å². The van der Waals surface area contributed by atoms with Gasteiger partial charge < -0.3 is 5.73 Å². The third-order valence-corrected chi connectivity index (χ3v) is 6.24. The normalized spacial score (nSPS) is 18.9. The maximum Gasteiger partial charge on any atom is 0.252 e. The van der Waals surface area contributed by atoms with Gasteiger partial charge in [0.15, 0.2) is 0 Å². The minimum absolute atomic E-state index is 0. The Labute approximate surface area is 116 Å². The predicted octanol–water partition coefficient (Wildman–Crippen LogP) is 1.94. The SMILES string of the molecule is Cl.NC1CCN(S(=O)(=O)c2ccc(Cl)s2)CC1. The van der Waals surface area contributed by atoms with E-state index in [0.717, 1.165) is 24.2 Å². The molecule has 0 spiro atoms. The van der Waals surface area contributed by atoms with Gasteiger partial charge >= 0.3 is 0 Å². The molecule has 4 nitrogen and oxygen atoms in total. The first-order chi connectivity index (χ1) is 7.50. The maximum atomic E-state index is 12.1. The van der Waals surface area contributed by atoms with Crippen LogP contribution in [0.2, 0.25) is 4.34 Å². The van der Waals surface area contributed by atoms with E-state index in [2.05, 4.69) is 0 Å². The molecule has 2 N–H and O–H groups in total. The van der Waals surface area contributed by atoms with Crippen LogP contribution in [0.5, 0.6) is 0 Å². The molecule has 17 heavy (non-hydrogen) atoms. The Morgan fingerprint density at radius 2 is 1.94 bits per heavy atom. The summed E-state index contributed by atoms with van der Waals surface area (Å²) in [6, 6.07) is 3.28. The van der Waals surface area contributed by atoms with Gasteiger partial charge in [-0.1, -0.05) is 11.6 Å². The van der Waals surface area contributed by atoms with Gasteiger partial charge in [0.1, 0.15) is 4.21 Å². The standard InChI is InChI=1S/C9H13ClN2O2S2.ClH/c10-8-1-2-9(15-8)16(13,14)12-5-3-7(11)4-6-12;/h1-2,7H,3-6,11H2;1H. The Bertz CT molecular complexity index is 467. The number of sulfonamides is 1. The van der Waals surface area contributed by atoms with Gasteiger partial charge in [-0.3, -0.25) is 0 Å². The molecule has 1 aromatic heterocycles. The van der Waals surface area contributed by atoms with Crippen LogP contribution in [-0.4, -0.2) is 31.9 Å². The van der Waals surface area contributed by atoms with Gasteiger partial charge in [-0.05, 0) is 25.0 Å². The van der Waals surface area contributed by atoms with Crippen LogP contribution in [0.3, 0.4) is 0 Å². The summed E-state index contributed by atoms with van der Waals surface area (Å²) in [5.74, 6) is 0. The van der Waals surface area contributed by atoms with Crippen LogP contribution in [-0.2, 0) is 10.0 Å². The molecule has 1 aromatic rings. The van der Waals surface area contributed by atoms with E-state index >= 15 is 0 Å². The second-order valence-electron chi connectivity index (χ2n) is 3.80. The minimum atomic E-state index is -3.35. The van der Waals surface area contributed by atoms with Crippen molar-refractivity contribution in [1.82, 2.24) is 4.31 Å². The summed E-state index contributed by atoms with van der Waals surface area (Å²) in [5, 5.41) is 0. The highest BCUT2D eigenvalue weighted by molar-refractivity contribution is 7.91. The first-order valence-electron chi connectivity index (χ1n) is 5.01. The minimum Gasteiger partial charge on any atom is -0.328 e. The molecule has 98 valence electrons. The summed E-state index contributed by atoms with van der Waals surface area (Å²) < 4.78 is 26.6. The van der Waals surface area contributed by atoms with Gasteiger partial charge in [-0.25, -0.2) is 8.42 Å². The van der Waals surface area contributed by atoms with Crippen molar-refractivity contribution in [3.05, 3.63) is 16.5 Å². The molecule has 0 atom stereocenters. The van der Waals surface area contributed by atoms with Gasteiger partial charge in [0.2, 0.25) is 0 Å². The molecule has 2 heterocycles. The van der Waals surface area contributed by atoms with E-state index in [1.807, 2.05) is 0 Å². The average Bonchev–Trinajstić information content (AvgIpc) is 2.66. The van der Waals surface area contributed by atoms with Crippen LogP contribution in [0.4, 0.5) is 0 Å². The molecule has 0 aromatic carbocycles. The molecule has 0 unspecified atom stereocenters. The number of piperidine rings is 1. The Balaban J connectivity index is 0.00000144. The van der Waals surface area contributed by atoms with Crippen LogP contribution in [0.25, 0.3) is 0 Å². The number of hydrogen-bond acceptors (Lipinski definition) is 4. The molecule has 1 fully saturated rings. The van der Waals surface area contributed by atoms with E-state index in [4.69, 9.17) is 17.3 Å². The molecule has 1 aliphatic rings. The lowest BCUT2D eigenvalue weighted by Crippen LogP contribution is -2.42. The van der Waals surface area contributed by atoms with Crippen molar-refractivity contribution in [2.75, 3.05) is 13.1 Å². The smallest absolute Gasteiger partial charge is 0.252 e. The number of thiophene rings is 1. The number of hydrogen-bond donors (Lipinski definition) is 1. The number of nitrogens with two attached hydrogens (primary N) is 1.